The largest absolute Gasteiger partial charge is 0.376 e. The molecule has 0 atom stereocenters. The summed E-state index contributed by atoms with van der Waals surface area (Å²) in [5.74, 6) is 6.15. The number of aromatic nitrogens is 2. The summed E-state index contributed by atoms with van der Waals surface area (Å²) in [5.41, 5.74) is 3.91. The lowest BCUT2D eigenvalue weighted by Crippen LogP contribution is -2.11. The first-order valence-corrected chi connectivity index (χ1v) is 5.51. The number of thiophene rings is 1. The summed E-state index contributed by atoms with van der Waals surface area (Å²) in [6, 6.07) is 0. The van der Waals surface area contributed by atoms with Crippen molar-refractivity contribution >= 4 is 27.4 Å². The summed E-state index contributed by atoms with van der Waals surface area (Å²) < 4.78 is 5.41. The average molecular weight is 222 g/mol. The molecule has 0 radical (unpaired) electrons. The van der Waals surface area contributed by atoms with Crippen LogP contribution in [-0.2, 0) is 17.8 Å². The molecule has 3 rings (SSSR count). The van der Waals surface area contributed by atoms with Gasteiger partial charge in [0.2, 0.25) is 0 Å². The lowest BCUT2D eigenvalue weighted by molar-refractivity contribution is 0.114. The van der Waals surface area contributed by atoms with E-state index >= 15 is 0 Å². The van der Waals surface area contributed by atoms with Gasteiger partial charge in [-0.2, -0.15) is 0 Å². The highest BCUT2D eigenvalue weighted by Gasteiger charge is 2.19. The Morgan fingerprint density at radius 3 is 3.27 bits per heavy atom. The van der Waals surface area contributed by atoms with Gasteiger partial charge in [-0.1, -0.05) is 0 Å². The van der Waals surface area contributed by atoms with Crippen molar-refractivity contribution in [3.8, 4) is 0 Å². The van der Waals surface area contributed by atoms with Crippen molar-refractivity contribution in [1.82, 2.24) is 9.97 Å². The molecule has 5 nitrogen and oxygen atoms in total. The third kappa shape index (κ3) is 1.30. The molecule has 0 spiro atoms. The lowest BCUT2D eigenvalue weighted by atomic mass is 10.1. The highest BCUT2D eigenvalue weighted by molar-refractivity contribution is 7.18. The fourth-order valence-electron chi connectivity index (χ4n) is 1.87. The second-order valence-corrected chi connectivity index (χ2v) is 4.44. The van der Waals surface area contributed by atoms with Gasteiger partial charge < -0.3 is 10.2 Å². The van der Waals surface area contributed by atoms with Crippen LogP contribution in [-0.4, -0.2) is 16.6 Å². The van der Waals surface area contributed by atoms with Crippen LogP contribution in [0.1, 0.15) is 10.4 Å². The normalized spacial score (nSPS) is 15.3. The number of hydrogen-bond donors (Lipinski definition) is 2. The maximum absolute atomic E-state index is 5.44. The summed E-state index contributed by atoms with van der Waals surface area (Å²) in [7, 11) is 0. The van der Waals surface area contributed by atoms with Gasteiger partial charge >= 0.3 is 0 Å². The van der Waals surface area contributed by atoms with E-state index in [4.69, 9.17) is 10.6 Å². The Labute approximate surface area is 90.3 Å². The van der Waals surface area contributed by atoms with Crippen molar-refractivity contribution in [2.75, 3.05) is 12.0 Å². The van der Waals surface area contributed by atoms with Crippen LogP contribution < -0.4 is 11.3 Å². The monoisotopic (exact) mass is 222 g/mol. The molecule has 3 heterocycles. The molecule has 0 unspecified atom stereocenters. The highest BCUT2D eigenvalue weighted by Crippen LogP contribution is 2.35. The maximum Gasteiger partial charge on any atom is 0.152 e. The smallest absolute Gasteiger partial charge is 0.152 e. The Bertz CT molecular complexity index is 510. The van der Waals surface area contributed by atoms with Gasteiger partial charge in [0.25, 0.3) is 0 Å². The summed E-state index contributed by atoms with van der Waals surface area (Å²) in [6.45, 7) is 1.44. The third-order valence-corrected chi connectivity index (χ3v) is 3.65. The second-order valence-electron chi connectivity index (χ2n) is 3.35. The van der Waals surface area contributed by atoms with E-state index in [2.05, 4.69) is 15.4 Å². The standard InChI is InChI=1S/C9H10N4OS/c10-13-8-7-5-1-2-14-3-6(5)15-9(7)12-4-11-8/h4H,1-3,10H2,(H,11,12,13). The van der Waals surface area contributed by atoms with Crippen LogP contribution in [0.15, 0.2) is 6.33 Å². The van der Waals surface area contributed by atoms with Gasteiger partial charge in [-0.3, -0.25) is 0 Å². The van der Waals surface area contributed by atoms with Gasteiger partial charge in [-0.25, -0.2) is 15.8 Å². The van der Waals surface area contributed by atoms with E-state index in [-0.39, 0.29) is 0 Å². The van der Waals surface area contributed by atoms with E-state index in [0.29, 0.717) is 12.4 Å². The molecule has 1 aliphatic heterocycles. The van der Waals surface area contributed by atoms with Crippen LogP contribution in [0.4, 0.5) is 5.82 Å². The van der Waals surface area contributed by atoms with E-state index in [9.17, 15) is 0 Å². The molecule has 15 heavy (non-hydrogen) atoms. The average Bonchev–Trinajstić information content (AvgIpc) is 2.67. The summed E-state index contributed by atoms with van der Waals surface area (Å²) in [6.07, 6.45) is 2.44. The van der Waals surface area contributed by atoms with E-state index in [1.54, 1.807) is 11.3 Å². The zero-order chi connectivity index (χ0) is 10.3. The van der Waals surface area contributed by atoms with Crippen molar-refractivity contribution in [3.63, 3.8) is 0 Å². The molecule has 3 N–H and O–H groups in total. The molecular weight excluding hydrogens is 212 g/mol. The van der Waals surface area contributed by atoms with E-state index in [0.717, 1.165) is 23.2 Å². The molecule has 2 aromatic heterocycles. The fourth-order valence-corrected chi connectivity index (χ4v) is 2.99. The number of hydrazine groups is 1. The molecule has 0 saturated carbocycles. The summed E-state index contributed by atoms with van der Waals surface area (Å²) in [5, 5.41) is 1.06. The minimum atomic E-state index is 0.681. The quantitative estimate of drug-likeness (QED) is 0.557. The molecule has 6 heteroatoms. The number of nitrogens with zero attached hydrogens (tertiary/aromatic N) is 2. The number of anilines is 1. The van der Waals surface area contributed by atoms with E-state index in [1.165, 1.54) is 16.8 Å². The first-order chi connectivity index (χ1) is 7.40. The van der Waals surface area contributed by atoms with Crippen molar-refractivity contribution in [3.05, 3.63) is 16.8 Å². The summed E-state index contributed by atoms with van der Waals surface area (Å²) in [4.78, 5) is 10.6. The topological polar surface area (TPSA) is 73.1 Å². The molecule has 0 aliphatic carbocycles. The molecule has 0 fully saturated rings. The number of nitrogens with two attached hydrogens (primary N) is 1. The molecule has 2 aromatic rings. The van der Waals surface area contributed by atoms with Crippen LogP contribution in [0, 0.1) is 0 Å². The van der Waals surface area contributed by atoms with E-state index < -0.39 is 0 Å². The van der Waals surface area contributed by atoms with Crippen molar-refractivity contribution in [1.29, 1.82) is 0 Å². The zero-order valence-corrected chi connectivity index (χ0v) is 8.80. The number of rotatable bonds is 1. The minimum absolute atomic E-state index is 0.681. The molecule has 0 amide bonds. The third-order valence-electron chi connectivity index (χ3n) is 2.54. The minimum Gasteiger partial charge on any atom is -0.376 e. The zero-order valence-electron chi connectivity index (χ0n) is 7.99. The summed E-state index contributed by atoms with van der Waals surface area (Å²) >= 11 is 1.66. The molecule has 1 aliphatic rings. The van der Waals surface area contributed by atoms with Gasteiger partial charge in [0.15, 0.2) is 5.82 Å². The Hall–Kier alpha value is -1.24. The van der Waals surface area contributed by atoms with Crippen LogP contribution >= 0.6 is 11.3 Å². The maximum atomic E-state index is 5.44. The molecule has 0 bridgehead atoms. The van der Waals surface area contributed by atoms with Gasteiger partial charge in [-0.05, 0) is 12.0 Å². The fraction of sp³-hybridized carbons (Fsp3) is 0.333. The van der Waals surface area contributed by atoms with Crippen molar-refractivity contribution < 1.29 is 4.74 Å². The van der Waals surface area contributed by atoms with Gasteiger partial charge in [0.05, 0.1) is 18.6 Å². The number of ether oxygens (including phenoxy) is 1. The Balaban J connectivity index is 2.33. The predicted octanol–water partition coefficient (Wildman–Crippen LogP) is 1.05. The number of fused-ring (bicyclic) bond motifs is 3. The SMILES string of the molecule is NNc1ncnc2sc3c(c12)CCOC3. The Kier molecular flexibility index (Phi) is 2.05. The molecule has 78 valence electrons. The van der Waals surface area contributed by atoms with Gasteiger partial charge in [0, 0.05) is 4.88 Å². The number of nitrogens with one attached hydrogen (secondary N) is 1. The van der Waals surface area contributed by atoms with Crippen LogP contribution in [0.3, 0.4) is 0 Å². The predicted molar refractivity (Wildman–Crippen MR) is 58.6 cm³/mol. The Morgan fingerprint density at radius 1 is 1.47 bits per heavy atom. The first kappa shape index (κ1) is 9.02. The van der Waals surface area contributed by atoms with Crippen LogP contribution in [0.2, 0.25) is 0 Å². The van der Waals surface area contributed by atoms with Crippen LogP contribution in [0.25, 0.3) is 10.2 Å². The lowest BCUT2D eigenvalue weighted by Gasteiger charge is -2.12. The van der Waals surface area contributed by atoms with Crippen molar-refractivity contribution in [2.45, 2.75) is 13.0 Å². The second kappa shape index (κ2) is 3.41. The van der Waals surface area contributed by atoms with E-state index in [1.807, 2.05) is 0 Å². The molecule has 0 saturated heterocycles. The van der Waals surface area contributed by atoms with Crippen LogP contribution in [0.5, 0.6) is 0 Å². The molecular formula is C9H10N4OS. The number of hydrogen-bond acceptors (Lipinski definition) is 6. The van der Waals surface area contributed by atoms with Gasteiger partial charge in [-0.15, -0.1) is 11.3 Å². The van der Waals surface area contributed by atoms with Gasteiger partial charge in [0.1, 0.15) is 11.2 Å². The van der Waals surface area contributed by atoms with Crippen molar-refractivity contribution in [2.24, 2.45) is 5.84 Å². The number of nitrogen functional groups attached to an aromatic ring is 1. The Morgan fingerprint density at radius 2 is 2.40 bits per heavy atom. The highest BCUT2D eigenvalue weighted by atomic mass is 32.1. The first-order valence-electron chi connectivity index (χ1n) is 4.69. The molecule has 0 aromatic carbocycles.